The van der Waals surface area contributed by atoms with Gasteiger partial charge in [-0.3, -0.25) is 14.6 Å². The average molecular weight is 422 g/mol. The number of methoxy groups -OCH3 is 2. The fourth-order valence-electron chi connectivity index (χ4n) is 4.51. The van der Waals surface area contributed by atoms with Gasteiger partial charge in [0, 0.05) is 54.9 Å². The fraction of sp³-hybridized carbons (Fsp3) is 0.400. The molecule has 1 fully saturated rings. The summed E-state index contributed by atoms with van der Waals surface area (Å²) in [4.78, 5) is 21.4. The summed E-state index contributed by atoms with van der Waals surface area (Å²) in [5.41, 5.74) is 4.00. The molecule has 0 amide bonds. The van der Waals surface area contributed by atoms with E-state index in [0.29, 0.717) is 0 Å². The number of piperazine rings is 1. The molecule has 3 aromatic rings. The third kappa shape index (κ3) is 4.31. The molecule has 6 heteroatoms. The summed E-state index contributed by atoms with van der Waals surface area (Å²) in [5.74, 6) is 1.70. The predicted octanol–water partition coefficient (Wildman–Crippen LogP) is 3.88. The molecule has 1 saturated heterocycles. The van der Waals surface area contributed by atoms with Gasteiger partial charge in [-0.05, 0) is 37.6 Å². The number of benzene rings is 2. The maximum absolute atomic E-state index is 13.3. The maximum atomic E-state index is 13.3. The van der Waals surface area contributed by atoms with Crippen molar-refractivity contribution in [2.75, 3.05) is 40.4 Å². The van der Waals surface area contributed by atoms with Gasteiger partial charge >= 0.3 is 0 Å². The molecule has 0 saturated carbocycles. The molecule has 0 aliphatic carbocycles. The minimum atomic E-state index is -0.138. The van der Waals surface area contributed by atoms with E-state index >= 15 is 0 Å². The lowest BCUT2D eigenvalue weighted by Crippen LogP contribution is -2.51. The molecule has 31 heavy (non-hydrogen) atoms. The van der Waals surface area contributed by atoms with Crippen LogP contribution in [0.25, 0.3) is 10.9 Å². The van der Waals surface area contributed by atoms with Crippen LogP contribution >= 0.6 is 0 Å². The van der Waals surface area contributed by atoms with Gasteiger partial charge in [0.1, 0.15) is 0 Å². The number of aromatic nitrogens is 1. The molecule has 4 rings (SSSR count). The number of aryl methyl sites for hydroxylation is 1. The number of ether oxygens (including phenoxy) is 2. The van der Waals surface area contributed by atoms with Crippen molar-refractivity contribution < 1.29 is 14.3 Å². The lowest BCUT2D eigenvalue weighted by molar-refractivity contribution is 0.0688. The number of aromatic amines is 1. The van der Waals surface area contributed by atoms with Crippen molar-refractivity contribution in [2.45, 2.75) is 26.4 Å². The summed E-state index contributed by atoms with van der Waals surface area (Å²) < 4.78 is 10.8. The highest BCUT2D eigenvalue weighted by molar-refractivity contribution is 6.11. The summed E-state index contributed by atoms with van der Waals surface area (Å²) in [7, 11) is 3.31. The normalized spacial score (nSPS) is 16.4. The molecule has 0 spiro atoms. The number of fused-ring (bicyclic) bond motifs is 1. The minimum absolute atomic E-state index is 0.138. The van der Waals surface area contributed by atoms with Crippen molar-refractivity contribution in [2.24, 2.45) is 0 Å². The molecular weight excluding hydrogens is 390 g/mol. The molecular formula is C25H31N3O3. The Kier molecular flexibility index (Phi) is 6.30. The third-order valence-electron chi connectivity index (χ3n) is 6.33. The number of hydrogen-bond donors (Lipinski definition) is 1. The van der Waals surface area contributed by atoms with Crippen molar-refractivity contribution in [1.29, 1.82) is 0 Å². The van der Waals surface area contributed by atoms with Crippen LogP contribution in [0.3, 0.4) is 0 Å². The van der Waals surface area contributed by atoms with E-state index in [9.17, 15) is 4.79 Å². The number of hydrogen-bond acceptors (Lipinski definition) is 5. The second kappa shape index (κ2) is 9.12. The molecule has 6 nitrogen and oxygen atoms in total. The van der Waals surface area contributed by atoms with Crippen LogP contribution in [0, 0.1) is 6.92 Å². The van der Waals surface area contributed by atoms with Crippen LogP contribution < -0.4 is 9.47 Å². The number of rotatable bonds is 7. The number of H-pyrrole nitrogens is 1. The van der Waals surface area contributed by atoms with E-state index in [-0.39, 0.29) is 11.8 Å². The summed E-state index contributed by atoms with van der Waals surface area (Å²) in [6.07, 6.45) is 0. The number of nitrogens with one attached hydrogen (secondary N) is 1. The first-order chi connectivity index (χ1) is 15.0. The number of carbonyl (C=O) groups excluding carboxylic acids is 1. The standard InChI is InChI=1S/C25H31N3O3/c1-17-24(20-7-5-6-8-21(20)26-17)25(29)18(2)28-13-11-27(12-14-28)16-19-9-10-22(30-3)23(15-19)31-4/h5-10,15,18,26H,11-14,16H2,1-4H3. The molecule has 0 radical (unpaired) electrons. The zero-order valence-corrected chi connectivity index (χ0v) is 18.8. The first-order valence-electron chi connectivity index (χ1n) is 10.8. The van der Waals surface area contributed by atoms with E-state index in [1.807, 2.05) is 50.2 Å². The Hall–Kier alpha value is -2.83. The first kappa shape index (κ1) is 21.4. The Morgan fingerprint density at radius 1 is 1.03 bits per heavy atom. The number of nitrogens with zero attached hydrogens (tertiary/aromatic N) is 2. The summed E-state index contributed by atoms with van der Waals surface area (Å²) >= 11 is 0. The number of para-hydroxylation sites is 1. The van der Waals surface area contributed by atoms with Crippen molar-refractivity contribution in [3.63, 3.8) is 0 Å². The molecule has 2 aromatic carbocycles. The first-order valence-corrected chi connectivity index (χ1v) is 10.8. The largest absolute Gasteiger partial charge is 0.493 e. The van der Waals surface area contributed by atoms with E-state index in [2.05, 4.69) is 20.9 Å². The number of ketones is 1. The Bertz CT molecular complexity index is 1070. The molecule has 1 aliphatic rings. The van der Waals surface area contributed by atoms with Gasteiger partial charge in [-0.25, -0.2) is 0 Å². The summed E-state index contributed by atoms with van der Waals surface area (Å²) in [5, 5.41) is 1.02. The van der Waals surface area contributed by atoms with E-state index in [1.54, 1.807) is 14.2 Å². The molecule has 1 unspecified atom stereocenters. The number of carbonyl (C=O) groups is 1. The Morgan fingerprint density at radius 3 is 2.45 bits per heavy atom. The van der Waals surface area contributed by atoms with Crippen LogP contribution in [0.2, 0.25) is 0 Å². The van der Waals surface area contributed by atoms with Crippen molar-refractivity contribution in [3.8, 4) is 11.5 Å². The van der Waals surface area contributed by atoms with Crippen LogP contribution in [0.1, 0.15) is 28.5 Å². The van der Waals surface area contributed by atoms with Crippen LogP contribution in [-0.2, 0) is 6.54 Å². The van der Waals surface area contributed by atoms with Crippen LogP contribution in [0.4, 0.5) is 0 Å². The van der Waals surface area contributed by atoms with Crippen LogP contribution in [0.5, 0.6) is 11.5 Å². The van der Waals surface area contributed by atoms with E-state index in [4.69, 9.17) is 9.47 Å². The zero-order valence-electron chi connectivity index (χ0n) is 18.8. The smallest absolute Gasteiger partial charge is 0.182 e. The maximum Gasteiger partial charge on any atom is 0.182 e. The summed E-state index contributed by atoms with van der Waals surface area (Å²) in [6.45, 7) is 8.49. The van der Waals surface area contributed by atoms with E-state index in [1.165, 1.54) is 5.56 Å². The van der Waals surface area contributed by atoms with Gasteiger partial charge in [0.25, 0.3) is 0 Å². The van der Waals surface area contributed by atoms with Gasteiger partial charge in [-0.1, -0.05) is 24.3 Å². The lowest BCUT2D eigenvalue weighted by Gasteiger charge is -2.37. The molecule has 1 aromatic heterocycles. The fourth-order valence-corrected chi connectivity index (χ4v) is 4.51. The molecule has 0 bridgehead atoms. The molecule has 1 aliphatic heterocycles. The van der Waals surface area contributed by atoms with Gasteiger partial charge in [0.05, 0.1) is 20.3 Å². The van der Waals surface area contributed by atoms with Gasteiger partial charge < -0.3 is 14.5 Å². The predicted molar refractivity (Wildman–Crippen MR) is 123 cm³/mol. The highest BCUT2D eigenvalue weighted by atomic mass is 16.5. The van der Waals surface area contributed by atoms with Crippen LogP contribution in [0.15, 0.2) is 42.5 Å². The molecule has 164 valence electrons. The highest BCUT2D eigenvalue weighted by Crippen LogP contribution is 2.28. The van der Waals surface area contributed by atoms with E-state index < -0.39 is 0 Å². The summed E-state index contributed by atoms with van der Waals surface area (Å²) in [6, 6.07) is 14.0. The quantitative estimate of drug-likeness (QED) is 0.587. The second-order valence-electron chi connectivity index (χ2n) is 8.21. The third-order valence-corrected chi connectivity index (χ3v) is 6.33. The van der Waals surface area contributed by atoms with Crippen molar-refractivity contribution >= 4 is 16.7 Å². The monoisotopic (exact) mass is 421 g/mol. The van der Waals surface area contributed by atoms with E-state index in [0.717, 1.165) is 66.4 Å². The molecule has 1 atom stereocenters. The molecule has 2 heterocycles. The highest BCUT2D eigenvalue weighted by Gasteiger charge is 2.28. The van der Waals surface area contributed by atoms with Crippen molar-refractivity contribution in [3.05, 3.63) is 59.3 Å². The SMILES string of the molecule is COc1ccc(CN2CCN(C(C)C(=O)c3c(C)[nH]c4ccccc34)CC2)cc1OC. The van der Waals surface area contributed by atoms with Crippen molar-refractivity contribution in [1.82, 2.24) is 14.8 Å². The Labute approximate surface area is 183 Å². The van der Waals surface area contributed by atoms with Gasteiger partial charge in [-0.15, -0.1) is 0 Å². The van der Waals surface area contributed by atoms with Gasteiger partial charge in [-0.2, -0.15) is 0 Å². The Balaban J connectivity index is 1.39. The number of Topliss-reactive ketones (excluding diaryl/α,β-unsaturated/α-hetero) is 1. The average Bonchev–Trinajstić information content (AvgIpc) is 3.14. The molecule has 1 N–H and O–H groups in total. The minimum Gasteiger partial charge on any atom is -0.493 e. The second-order valence-corrected chi connectivity index (χ2v) is 8.21. The van der Waals surface area contributed by atoms with Crippen LogP contribution in [-0.4, -0.2) is 67.0 Å². The Morgan fingerprint density at radius 2 is 1.74 bits per heavy atom. The van der Waals surface area contributed by atoms with Gasteiger partial charge in [0.2, 0.25) is 0 Å². The lowest BCUT2D eigenvalue weighted by atomic mass is 10.0. The van der Waals surface area contributed by atoms with Gasteiger partial charge in [0.15, 0.2) is 17.3 Å². The zero-order chi connectivity index (χ0) is 22.0. The topological polar surface area (TPSA) is 57.8 Å².